The number of hydrogen-bond acceptors (Lipinski definition) is 2. The van der Waals surface area contributed by atoms with E-state index < -0.39 is 0 Å². The highest BCUT2D eigenvalue weighted by atomic mass is 79.9. The predicted molar refractivity (Wildman–Crippen MR) is 74.9 cm³/mol. The second-order valence-corrected chi connectivity index (χ2v) is 7.28. The van der Waals surface area contributed by atoms with E-state index in [2.05, 4.69) is 28.9 Å². The Labute approximate surface area is 111 Å². The molecule has 1 aliphatic carbocycles. The normalized spacial score (nSPS) is 20.7. The molecule has 1 nitrogen and oxygen atoms in total. The van der Waals surface area contributed by atoms with Crippen LogP contribution < -0.4 is 5.73 Å². The molecule has 0 saturated heterocycles. The smallest absolute Gasteiger partial charge is 0.0731 e. The lowest BCUT2D eigenvalue weighted by Crippen LogP contribution is -2.20. The zero-order chi connectivity index (χ0) is 11.5. The molecule has 0 amide bonds. The summed E-state index contributed by atoms with van der Waals surface area (Å²) in [5, 5.41) is 0. The molecule has 2 N–H and O–H groups in total. The Hall–Kier alpha value is 0.140. The lowest BCUT2D eigenvalue weighted by atomic mass is 9.91. The van der Waals surface area contributed by atoms with E-state index in [1.807, 2.05) is 11.3 Å². The summed E-state index contributed by atoms with van der Waals surface area (Å²) in [7, 11) is 0. The molecule has 1 aromatic heterocycles. The van der Waals surface area contributed by atoms with Crippen LogP contribution in [0.5, 0.6) is 0 Å². The molecule has 2 rings (SSSR count). The summed E-state index contributed by atoms with van der Waals surface area (Å²) >= 11 is 5.40. The van der Waals surface area contributed by atoms with Crippen molar-refractivity contribution in [2.24, 2.45) is 11.7 Å². The number of halogens is 1. The minimum atomic E-state index is 0.257. The fourth-order valence-electron chi connectivity index (χ4n) is 2.55. The molecule has 0 bridgehead atoms. The molecule has 3 heteroatoms. The molecular formula is C13H20BrNS. The van der Waals surface area contributed by atoms with Crippen molar-refractivity contribution in [2.75, 3.05) is 0 Å². The zero-order valence-electron chi connectivity index (χ0n) is 9.84. The van der Waals surface area contributed by atoms with Gasteiger partial charge in [0.1, 0.15) is 0 Å². The van der Waals surface area contributed by atoms with Crippen molar-refractivity contribution in [1.82, 2.24) is 0 Å². The van der Waals surface area contributed by atoms with Crippen LogP contribution in [0.25, 0.3) is 0 Å². The number of rotatable bonds is 2. The van der Waals surface area contributed by atoms with Gasteiger partial charge in [-0.3, -0.25) is 0 Å². The van der Waals surface area contributed by atoms with Crippen molar-refractivity contribution in [3.05, 3.63) is 20.3 Å². The highest BCUT2D eigenvalue weighted by Crippen LogP contribution is 2.37. The van der Waals surface area contributed by atoms with Gasteiger partial charge >= 0.3 is 0 Å². The average Bonchev–Trinajstić information content (AvgIpc) is 2.51. The number of hydrogen-bond donors (Lipinski definition) is 1. The van der Waals surface area contributed by atoms with Crippen LogP contribution in [-0.2, 0) is 0 Å². The molecule has 1 saturated carbocycles. The van der Waals surface area contributed by atoms with Crippen LogP contribution in [0.1, 0.15) is 55.0 Å². The summed E-state index contributed by atoms with van der Waals surface area (Å²) in [6.45, 7) is 2.14. The Kier molecular flexibility index (Phi) is 4.45. The van der Waals surface area contributed by atoms with E-state index in [9.17, 15) is 0 Å². The molecule has 1 unspecified atom stereocenters. The van der Waals surface area contributed by atoms with E-state index in [4.69, 9.17) is 5.73 Å². The third-order valence-electron chi connectivity index (χ3n) is 3.61. The standard InChI is InChI=1S/C13H20BrNS/c1-9-8-11(16-13(9)14)12(15)10-6-4-2-3-5-7-10/h8,10,12H,2-7,15H2,1H3. The minimum Gasteiger partial charge on any atom is -0.323 e. The Bertz CT molecular complexity index is 320. The summed E-state index contributed by atoms with van der Waals surface area (Å²) in [6.07, 6.45) is 8.16. The molecule has 0 radical (unpaired) electrons. The lowest BCUT2D eigenvalue weighted by molar-refractivity contribution is 0.386. The van der Waals surface area contributed by atoms with Gasteiger partial charge < -0.3 is 5.73 Å². The molecule has 1 atom stereocenters. The first kappa shape index (κ1) is 12.6. The zero-order valence-corrected chi connectivity index (χ0v) is 12.2. The molecule has 90 valence electrons. The second-order valence-electron chi connectivity index (χ2n) is 4.88. The monoisotopic (exact) mass is 301 g/mol. The van der Waals surface area contributed by atoms with E-state index >= 15 is 0 Å². The summed E-state index contributed by atoms with van der Waals surface area (Å²) < 4.78 is 1.24. The van der Waals surface area contributed by atoms with Crippen molar-refractivity contribution >= 4 is 27.3 Å². The maximum absolute atomic E-state index is 6.41. The first-order chi connectivity index (χ1) is 7.68. The third kappa shape index (κ3) is 2.88. The predicted octanol–water partition coefficient (Wildman–Crippen LogP) is 4.79. The van der Waals surface area contributed by atoms with Crippen LogP contribution in [0.15, 0.2) is 9.85 Å². The summed E-state index contributed by atoms with van der Waals surface area (Å²) in [5.41, 5.74) is 7.73. The summed E-state index contributed by atoms with van der Waals surface area (Å²) in [4.78, 5) is 1.36. The van der Waals surface area contributed by atoms with E-state index in [1.54, 1.807) is 0 Å². The van der Waals surface area contributed by atoms with E-state index in [0.717, 1.165) is 0 Å². The van der Waals surface area contributed by atoms with Gasteiger partial charge in [-0.25, -0.2) is 0 Å². The fraction of sp³-hybridized carbons (Fsp3) is 0.692. The van der Waals surface area contributed by atoms with Gasteiger partial charge in [0, 0.05) is 10.9 Å². The van der Waals surface area contributed by atoms with Crippen LogP contribution in [0.3, 0.4) is 0 Å². The molecule has 1 aliphatic rings. The van der Waals surface area contributed by atoms with E-state index in [-0.39, 0.29) is 6.04 Å². The maximum Gasteiger partial charge on any atom is 0.0731 e. The Morgan fingerprint density at radius 3 is 2.44 bits per heavy atom. The van der Waals surface area contributed by atoms with Gasteiger partial charge in [-0.05, 0) is 53.2 Å². The van der Waals surface area contributed by atoms with Gasteiger partial charge in [0.05, 0.1) is 3.79 Å². The molecule has 1 heterocycles. The van der Waals surface area contributed by atoms with Crippen molar-refractivity contribution in [3.8, 4) is 0 Å². The quantitative estimate of drug-likeness (QED) is 0.781. The van der Waals surface area contributed by atoms with Crippen molar-refractivity contribution < 1.29 is 0 Å². The van der Waals surface area contributed by atoms with Gasteiger partial charge in [0.25, 0.3) is 0 Å². The molecule has 0 aromatic carbocycles. The van der Waals surface area contributed by atoms with Crippen molar-refractivity contribution in [2.45, 2.75) is 51.5 Å². The summed E-state index contributed by atoms with van der Waals surface area (Å²) in [6, 6.07) is 2.51. The number of nitrogens with two attached hydrogens (primary N) is 1. The highest BCUT2D eigenvalue weighted by Gasteiger charge is 2.22. The minimum absolute atomic E-state index is 0.257. The first-order valence-electron chi connectivity index (χ1n) is 6.20. The van der Waals surface area contributed by atoms with Crippen LogP contribution in [0.2, 0.25) is 0 Å². The van der Waals surface area contributed by atoms with Gasteiger partial charge in [0.2, 0.25) is 0 Å². The highest BCUT2D eigenvalue weighted by molar-refractivity contribution is 9.11. The van der Waals surface area contributed by atoms with E-state index in [0.29, 0.717) is 5.92 Å². The fourth-order valence-corrected chi connectivity index (χ4v) is 4.22. The lowest BCUT2D eigenvalue weighted by Gasteiger charge is -2.21. The molecule has 16 heavy (non-hydrogen) atoms. The molecule has 1 fully saturated rings. The summed E-state index contributed by atoms with van der Waals surface area (Å²) in [5.74, 6) is 0.701. The molecule has 0 aliphatic heterocycles. The van der Waals surface area contributed by atoms with Gasteiger partial charge in [-0.2, -0.15) is 0 Å². The van der Waals surface area contributed by atoms with Gasteiger partial charge in [-0.1, -0.05) is 25.7 Å². The average molecular weight is 302 g/mol. The molecular weight excluding hydrogens is 282 g/mol. The Morgan fingerprint density at radius 2 is 1.94 bits per heavy atom. The topological polar surface area (TPSA) is 26.0 Å². The second kappa shape index (κ2) is 5.65. The van der Waals surface area contributed by atoms with E-state index in [1.165, 1.54) is 52.8 Å². The third-order valence-corrected chi connectivity index (χ3v) is 5.85. The van der Waals surface area contributed by atoms with Gasteiger partial charge in [0.15, 0.2) is 0 Å². The first-order valence-corrected chi connectivity index (χ1v) is 7.81. The van der Waals surface area contributed by atoms with Gasteiger partial charge in [-0.15, -0.1) is 11.3 Å². The molecule has 0 spiro atoms. The maximum atomic E-state index is 6.41. The number of aryl methyl sites for hydroxylation is 1. The molecule has 1 aromatic rings. The van der Waals surface area contributed by atoms with Crippen LogP contribution in [-0.4, -0.2) is 0 Å². The van der Waals surface area contributed by atoms with Crippen molar-refractivity contribution in [3.63, 3.8) is 0 Å². The van der Waals surface area contributed by atoms with Crippen LogP contribution in [0, 0.1) is 12.8 Å². The Morgan fingerprint density at radius 1 is 1.31 bits per heavy atom. The van der Waals surface area contributed by atoms with Crippen LogP contribution >= 0.6 is 27.3 Å². The Balaban J connectivity index is 2.07. The largest absolute Gasteiger partial charge is 0.323 e. The number of thiophene rings is 1. The SMILES string of the molecule is Cc1cc(C(N)C2CCCCCC2)sc1Br. The van der Waals surface area contributed by atoms with Crippen molar-refractivity contribution in [1.29, 1.82) is 0 Å². The van der Waals surface area contributed by atoms with Crippen LogP contribution in [0.4, 0.5) is 0 Å².